The van der Waals surface area contributed by atoms with Crippen LogP contribution in [0, 0.1) is 0 Å². The van der Waals surface area contributed by atoms with E-state index in [0.717, 1.165) is 42.7 Å². The topological polar surface area (TPSA) is 35.2 Å². The van der Waals surface area contributed by atoms with Crippen molar-refractivity contribution in [2.24, 2.45) is 5.73 Å². The number of nitrogens with two attached hydrogens (primary N) is 1. The van der Waals surface area contributed by atoms with E-state index in [4.69, 9.17) is 10.5 Å². The molecule has 0 aliphatic heterocycles. The van der Waals surface area contributed by atoms with Gasteiger partial charge in [-0.1, -0.05) is 56.7 Å². The van der Waals surface area contributed by atoms with Gasteiger partial charge in [0.15, 0.2) is 0 Å². The molecule has 0 saturated carbocycles. The second kappa shape index (κ2) is 7.84. The lowest BCUT2D eigenvalue weighted by molar-refractivity contribution is 0.317. The Kier molecular flexibility index (Phi) is 5.82. The maximum Gasteiger partial charge on any atom is 0.119 e. The van der Waals surface area contributed by atoms with E-state index in [1.165, 1.54) is 5.56 Å². The monoisotopic (exact) mass is 283 g/mol. The molecule has 0 heterocycles. The summed E-state index contributed by atoms with van der Waals surface area (Å²) >= 11 is 0. The molecule has 21 heavy (non-hydrogen) atoms. The lowest BCUT2D eigenvalue weighted by Gasteiger charge is -2.15. The van der Waals surface area contributed by atoms with Crippen LogP contribution in [-0.4, -0.2) is 6.61 Å². The Morgan fingerprint density at radius 2 is 1.67 bits per heavy atom. The Balaban J connectivity index is 2.18. The molecule has 112 valence electrons. The Morgan fingerprint density at radius 1 is 0.952 bits per heavy atom. The minimum atomic E-state index is -0.105. The molecule has 0 aliphatic carbocycles. The summed E-state index contributed by atoms with van der Waals surface area (Å²) < 4.78 is 5.69. The molecule has 2 rings (SSSR count). The highest BCUT2D eigenvalue weighted by molar-refractivity contribution is 5.37. The van der Waals surface area contributed by atoms with Gasteiger partial charge < -0.3 is 10.5 Å². The number of aryl methyl sites for hydroxylation is 1. The van der Waals surface area contributed by atoms with Crippen molar-refractivity contribution in [3.63, 3.8) is 0 Å². The van der Waals surface area contributed by atoms with Gasteiger partial charge in [0.05, 0.1) is 12.6 Å². The van der Waals surface area contributed by atoms with E-state index >= 15 is 0 Å². The normalized spacial score (nSPS) is 12.1. The van der Waals surface area contributed by atoms with Crippen LogP contribution < -0.4 is 10.5 Å². The average molecular weight is 283 g/mol. The predicted octanol–water partition coefficient (Wildman–Crippen LogP) is 4.48. The van der Waals surface area contributed by atoms with E-state index in [-0.39, 0.29) is 6.04 Å². The summed E-state index contributed by atoms with van der Waals surface area (Å²) in [7, 11) is 0. The van der Waals surface area contributed by atoms with Crippen LogP contribution in [0.2, 0.25) is 0 Å². The highest BCUT2D eigenvalue weighted by Gasteiger charge is 2.10. The highest BCUT2D eigenvalue weighted by atomic mass is 16.5. The van der Waals surface area contributed by atoms with Crippen molar-refractivity contribution in [3.8, 4) is 5.75 Å². The molecule has 0 spiro atoms. The molecule has 2 heteroatoms. The fourth-order valence-corrected chi connectivity index (χ4v) is 2.44. The molecule has 0 aliphatic rings. The van der Waals surface area contributed by atoms with E-state index < -0.39 is 0 Å². The average Bonchev–Trinajstić information content (AvgIpc) is 2.53. The third kappa shape index (κ3) is 4.33. The summed E-state index contributed by atoms with van der Waals surface area (Å²) in [5.41, 5.74) is 10.0. The SMILES string of the molecule is CCCOc1cccc(C(N)c2cccc(CCC)c2)c1. The summed E-state index contributed by atoms with van der Waals surface area (Å²) in [6.07, 6.45) is 3.26. The van der Waals surface area contributed by atoms with Crippen LogP contribution >= 0.6 is 0 Å². The van der Waals surface area contributed by atoms with Gasteiger partial charge >= 0.3 is 0 Å². The van der Waals surface area contributed by atoms with E-state index in [1.54, 1.807) is 0 Å². The Labute approximate surface area is 127 Å². The van der Waals surface area contributed by atoms with Crippen LogP contribution in [0.5, 0.6) is 5.75 Å². The fraction of sp³-hybridized carbons (Fsp3) is 0.368. The van der Waals surface area contributed by atoms with Gasteiger partial charge in [0.25, 0.3) is 0 Å². The number of rotatable bonds is 7. The zero-order chi connectivity index (χ0) is 15.1. The van der Waals surface area contributed by atoms with Gasteiger partial charge in [-0.25, -0.2) is 0 Å². The number of ether oxygens (including phenoxy) is 1. The summed E-state index contributed by atoms with van der Waals surface area (Å²) in [5.74, 6) is 0.898. The number of benzene rings is 2. The maximum atomic E-state index is 6.42. The molecule has 0 fully saturated rings. The molecule has 2 nitrogen and oxygen atoms in total. The number of hydrogen-bond donors (Lipinski definition) is 1. The van der Waals surface area contributed by atoms with Gasteiger partial charge in [-0.05, 0) is 41.7 Å². The van der Waals surface area contributed by atoms with Crippen LogP contribution in [0.15, 0.2) is 48.5 Å². The molecule has 0 radical (unpaired) electrons. The lowest BCUT2D eigenvalue weighted by Crippen LogP contribution is -2.12. The van der Waals surface area contributed by atoms with E-state index in [2.05, 4.69) is 44.2 Å². The molecule has 2 N–H and O–H groups in total. The van der Waals surface area contributed by atoms with Crippen molar-refractivity contribution in [3.05, 3.63) is 65.2 Å². The first-order valence-corrected chi connectivity index (χ1v) is 7.81. The van der Waals surface area contributed by atoms with E-state index in [0.29, 0.717) is 0 Å². The predicted molar refractivity (Wildman–Crippen MR) is 88.7 cm³/mol. The summed E-state index contributed by atoms with van der Waals surface area (Å²) in [4.78, 5) is 0. The minimum Gasteiger partial charge on any atom is -0.494 e. The molecule has 1 unspecified atom stereocenters. The second-order valence-corrected chi connectivity index (χ2v) is 5.39. The van der Waals surface area contributed by atoms with Crippen molar-refractivity contribution < 1.29 is 4.74 Å². The first-order chi connectivity index (χ1) is 10.2. The lowest BCUT2D eigenvalue weighted by atomic mass is 9.97. The fourth-order valence-electron chi connectivity index (χ4n) is 2.44. The summed E-state index contributed by atoms with van der Waals surface area (Å²) in [6.45, 7) is 5.04. The Morgan fingerprint density at radius 3 is 2.38 bits per heavy atom. The standard InChI is InChI=1S/C19H25NO/c1-3-7-15-8-5-9-16(13-15)19(20)17-10-6-11-18(14-17)21-12-4-2/h5-6,8-11,13-14,19H,3-4,7,12,20H2,1-2H3. The summed E-state index contributed by atoms with van der Waals surface area (Å²) in [5, 5.41) is 0. The van der Waals surface area contributed by atoms with Gasteiger partial charge in [-0.15, -0.1) is 0 Å². The minimum absolute atomic E-state index is 0.105. The quantitative estimate of drug-likeness (QED) is 0.813. The third-order valence-corrected chi connectivity index (χ3v) is 3.54. The van der Waals surface area contributed by atoms with Crippen LogP contribution in [0.4, 0.5) is 0 Å². The van der Waals surface area contributed by atoms with Crippen molar-refractivity contribution in [2.75, 3.05) is 6.61 Å². The molecule has 0 aromatic heterocycles. The van der Waals surface area contributed by atoms with E-state index in [1.807, 2.05) is 18.2 Å². The maximum absolute atomic E-state index is 6.42. The molecule has 2 aromatic rings. The van der Waals surface area contributed by atoms with Crippen molar-refractivity contribution >= 4 is 0 Å². The molecular formula is C19H25NO. The second-order valence-electron chi connectivity index (χ2n) is 5.39. The van der Waals surface area contributed by atoms with E-state index in [9.17, 15) is 0 Å². The summed E-state index contributed by atoms with van der Waals surface area (Å²) in [6, 6.07) is 16.6. The molecular weight excluding hydrogens is 258 g/mol. The molecule has 2 aromatic carbocycles. The largest absolute Gasteiger partial charge is 0.494 e. The van der Waals surface area contributed by atoms with Gasteiger partial charge in [0, 0.05) is 0 Å². The van der Waals surface area contributed by atoms with Gasteiger partial charge in [0.2, 0.25) is 0 Å². The number of hydrogen-bond acceptors (Lipinski definition) is 2. The first kappa shape index (κ1) is 15.6. The van der Waals surface area contributed by atoms with Gasteiger partial charge in [-0.3, -0.25) is 0 Å². The third-order valence-electron chi connectivity index (χ3n) is 3.54. The zero-order valence-electron chi connectivity index (χ0n) is 13.0. The van der Waals surface area contributed by atoms with Crippen molar-refractivity contribution in [1.29, 1.82) is 0 Å². The molecule has 1 atom stereocenters. The van der Waals surface area contributed by atoms with Gasteiger partial charge in [-0.2, -0.15) is 0 Å². The van der Waals surface area contributed by atoms with Crippen LogP contribution in [0.1, 0.15) is 49.4 Å². The van der Waals surface area contributed by atoms with Crippen LogP contribution in [-0.2, 0) is 6.42 Å². The highest BCUT2D eigenvalue weighted by Crippen LogP contribution is 2.24. The Bertz CT molecular complexity index is 565. The Hall–Kier alpha value is -1.80. The van der Waals surface area contributed by atoms with Crippen molar-refractivity contribution in [2.45, 2.75) is 39.2 Å². The first-order valence-electron chi connectivity index (χ1n) is 7.81. The molecule has 0 bridgehead atoms. The molecule has 0 saturated heterocycles. The molecule has 0 amide bonds. The van der Waals surface area contributed by atoms with Gasteiger partial charge in [0.1, 0.15) is 5.75 Å². The van der Waals surface area contributed by atoms with Crippen molar-refractivity contribution in [1.82, 2.24) is 0 Å². The zero-order valence-corrected chi connectivity index (χ0v) is 13.0. The van der Waals surface area contributed by atoms with Crippen LogP contribution in [0.25, 0.3) is 0 Å². The smallest absolute Gasteiger partial charge is 0.119 e. The van der Waals surface area contributed by atoms with Crippen LogP contribution in [0.3, 0.4) is 0 Å².